The second-order valence-electron chi connectivity index (χ2n) is 5.85. The average molecular weight is 270 g/mol. The molecular weight excluding hydrogens is 248 g/mol. The highest BCUT2D eigenvalue weighted by Crippen LogP contribution is 2.24. The van der Waals surface area contributed by atoms with E-state index in [1.54, 1.807) is 26.1 Å². The molecule has 0 spiro atoms. The Morgan fingerprint density at radius 3 is 2.33 bits per heavy atom. The molecule has 2 N–H and O–H groups in total. The molecule has 0 aliphatic carbocycles. The van der Waals surface area contributed by atoms with Gasteiger partial charge in [-0.25, -0.2) is 12.7 Å². The maximum atomic E-state index is 12.5. The van der Waals surface area contributed by atoms with Crippen LogP contribution in [0.5, 0.6) is 0 Å². The lowest BCUT2D eigenvalue weighted by molar-refractivity contribution is 0.310. The van der Waals surface area contributed by atoms with Gasteiger partial charge in [0.2, 0.25) is 10.0 Å². The second-order valence-corrected chi connectivity index (χ2v) is 7.86. The van der Waals surface area contributed by atoms with Gasteiger partial charge in [-0.15, -0.1) is 0 Å². The van der Waals surface area contributed by atoms with Gasteiger partial charge in [-0.1, -0.05) is 26.8 Å². The number of aryl methyl sites for hydroxylation is 1. The highest BCUT2D eigenvalue weighted by molar-refractivity contribution is 7.89. The van der Waals surface area contributed by atoms with E-state index in [1.165, 1.54) is 10.4 Å². The first kappa shape index (κ1) is 15.0. The maximum Gasteiger partial charge on any atom is 0.243 e. The smallest absolute Gasteiger partial charge is 0.243 e. The number of hydrogen-bond acceptors (Lipinski definition) is 3. The van der Waals surface area contributed by atoms with Crippen molar-refractivity contribution in [1.29, 1.82) is 0 Å². The molecule has 4 nitrogen and oxygen atoms in total. The number of anilines is 1. The first-order chi connectivity index (χ1) is 8.04. The Morgan fingerprint density at radius 2 is 1.83 bits per heavy atom. The normalized spacial score (nSPS) is 13.0. The monoisotopic (exact) mass is 270 g/mol. The second kappa shape index (κ2) is 4.90. The molecule has 0 fully saturated rings. The minimum Gasteiger partial charge on any atom is -0.399 e. The zero-order valence-corrected chi connectivity index (χ0v) is 12.5. The van der Waals surface area contributed by atoms with Crippen LogP contribution in [0.15, 0.2) is 23.1 Å². The van der Waals surface area contributed by atoms with Crippen molar-refractivity contribution < 1.29 is 8.42 Å². The van der Waals surface area contributed by atoms with Crippen LogP contribution < -0.4 is 5.73 Å². The summed E-state index contributed by atoms with van der Waals surface area (Å²) in [4.78, 5) is 0.286. The van der Waals surface area contributed by atoms with Gasteiger partial charge < -0.3 is 5.73 Å². The minimum absolute atomic E-state index is 0.0873. The third-order valence-corrected chi connectivity index (χ3v) is 4.54. The fourth-order valence-corrected chi connectivity index (χ4v) is 3.47. The summed E-state index contributed by atoms with van der Waals surface area (Å²) >= 11 is 0. The summed E-state index contributed by atoms with van der Waals surface area (Å²) in [5.41, 5.74) is 6.76. The number of nitrogen functional groups attached to an aromatic ring is 1. The predicted octanol–water partition coefficient (Wildman–Crippen LogP) is 2.24. The van der Waals surface area contributed by atoms with Crippen LogP contribution in [-0.4, -0.2) is 26.3 Å². The Kier molecular flexibility index (Phi) is 4.08. The predicted molar refractivity (Wildman–Crippen MR) is 74.9 cm³/mol. The lowest BCUT2D eigenvalue weighted by Crippen LogP contribution is -2.34. The van der Waals surface area contributed by atoms with Crippen LogP contribution in [0.1, 0.15) is 26.3 Å². The van der Waals surface area contributed by atoms with Gasteiger partial charge in [-0.2, -0.15) is 0 Å². The fourth-order valence-electron chi connectivity index (χ4n) is 1.82. The van der Waals surface area contributed by atoms with Crippen molar-refractivity contribution in [2.45, 2.75) is 32.6 Å². The third-order valence-electron chi connectivity index (χ3n) is 2.60. The summed E-state index contributed by atoms with van der Waals surface area (Å²) in [6, 6.07) is 4.95. The standard InChI is InChI=1S/C13H22N2O2S/c1-10-6-7-11(14)8-12(10)18(16,17)15(5)9-13(2,3)4/h6-8H,9,14H2,1-5H3. The quantitative estimate of drug-likeness (QED) is 0.857. The Labute approximate surface area is 110 Å². The largest absolute Gasteiger partial charge is 0.399 e. The van der Waals surface area contributed by atoms with E-state index in [0.29, 0.717) is 17.8 Å². The number of hydrogen-bond donors (Lipinski definition) is 1. The van der Waals surface area contributed by atoms with Crippen molar-refractivity contribution in [2.75, 3.05) is 19.3 Å². The summed E-state index contributed by atoms with van der Waals surface area (Å²) in [6.45, 7) is 8.25. The fraction of sp³-hybridized carbons (Fsp3) is 0.538. The zero-order chi connectivity index (χ0) is 14.1. The van der Waals surface area contributed by atoms with Crippen molar-refractivity contribution in [2.24, 2.45) is 5.41 Å². The van der Waals surface area contributed by atoms with Gasteiger partial charge in [-0.3, -0.25) is 0 Å². The molecule has 0 radical (unpaired) electrons. The molecule has 18 heavy (non-hydrogen) atoms. The van der Waals surface area contributed by atoms with E-state index in [-0.39, 0.29) is 10.3 Å². The molecule has 0 heterocycles. The molecule has 5 heteroatoms. The van der Waals surface area contributed by atoms with Crippen molar-refractivity contribution in [3.05, 3.63) is 23.8 Å². The molecule has 0 aliphatic rings. The van der Waals surface area contributed by atoms with Crippen LogP contribution in [0, 0.1) is 12.3 Å². The summed E-state index contributed by atoms with van der Waals surface area (Å²) in [6.07, 6.45) is 0. The van der Waals surface area contributed by atoms with Gasteiger partial charge in [0.05, 0.1) is 4.90 Å². The van der Waals surface area contributed by atoms with E-state index in [4.69, 9.17) is 5.73 Å². The van der Waals surface area contributed by atoms with Crippen molar-refractivity contribution in [1.82, 2.24) is 4.31 Å². The molecule has 0 saturated heterocycles. The molecular formula is C13H22N2O2S. The molecule has 102 valence electrons. The SMILES string of the molecule is Cc1ccc(N)cc1S(=O)(=O)N(C)CC(C)(C)C. The summed E-state index contributed by atoms with van der Waals surface area (Å²) in [5.74, 6) is 0. The highest BCUT2D eigenvalue weighted by atomic mass is 32.2. The third kappa shape index (κ3) is 3.46. The van der Waals surface area contributed by atoms with E-state index >= 15 is 0 Å². The molecule has 0 bridgehead atoms. The van der Waals surface area contributed by atoms with Crippen molar-refractivity contribution >= 4 is 15.7 Å². The van der Waals surface area contributed by atoms with E-state index < -0.39 is 10.0 Å². The van der Waals surface area contributed by atoms with E-state index in [1.807, 2.05) is 20.8 Å². The van der Waals surface area contributed by atoms with Crippen molar-refractivity contribution in [3.8, 4) is 0 Å². The number of rotatable bonds is 3. The van der Waals surface area contributed by atoms with Crippen LogP contribution in [0.3, 0.4) is 0 Å². The van der Waals surface area contributed by atoms with E-state index in [0.717, 1.165) is 0 Å². The summed E-state index contributed by atoms with van der Waals surface area (Å²) in [7, 11) is -1.87. The molecule has 0 aliphatic heterocycles. The molecule has 0 saturated carbocycles. The molecule has 0 amide bonds. The first-order valence-electron chi connectivity index (χ1n) is 5.86. The Hall–Kier alpha value is -1.07. The lowest BCUT2D eigenvalue weighted by Gasteiger charge is -2.26. The molecule has 0 unspecified atom stereocenters. The van der Waals surface area contributed by atoms with Crippen molar-refractivity contribution in [3.63, 3.8) is 0 Å². The average Bonchev–Trinajstić information content (AvgIpc) is 2.19. The van der Waals surface area contributed by atoms with Gasteiger partial charge >= 0.3 is 0 Å². The number of benzene rings is 1. The van der Waals surface area contributed by atoms with Gasteiger partial charge in [0.15, 0.2) is 0 Å². The van der Waals surface area contributed by atoms with Gasteiger partial charge in [0, 0.05) is 19.3 Å². The van der Waals surface area contributed by atoms with Gasteiger partial charge in [0.1, 0.15) is 0 Å². The van der Waals surface area contributed by atoms with Crippen LogP contribution in [0.4, 0.5) is 5.69 Å². The summed E-state index contributed by atoms with van der Waals surface area (Å²) in [5, 5.41) is 0. The zero-order valence-electron chi connectivity index (χ0n) is 11.7. The molecule has 1 rings (SSSR count). The number of sulfonamides is 1. The molecule has 0 atom stereocenters. The minimum atomic E-state index is -3.47. The number of nitrogens with two attached hydrogens (primary N) is 1. The van der Waals surface area contributed by atoms with Gasteiger partial charge in [0.25, 0.3) is 0 Å². The molecule has 0 aromatic heterocycles. The molecule has 1 aromatic rings. The van der Waals surface area contributed by atoms with Crippen LogP contribution in [0.25, 0.3) is 0 Å². The highest BCUT2D eigenvalue weighted by Gasteiger charge is 2.26. The maximum absolute atomic E-state index is 12.5. The van der Waals surface area contributed by atoms with Crippen LogP contribution >= 0.6 is 0 Å². The van der Waals surface area contributed by atoms with Crippen LogP contribution in [-0.2, 0) is 10.0 Å². The lowest BCUT2D eigenvalue weighted by atomic mass is 9.97. The topological polar surface area (TPSA) is 63.4 Å². The van der Waals surface area contributed by atoms with E-state index in [9.17, 15) is 8.42 Å². The summed E-state index contributed by atoms with van der Waals surface area (Å²) < 4.78 is 26.3. The molecule has 1 aromatic carbocycles. The van der Waals surface area contributed by atoms with Crippen LogP contribution in [0.2, 0.25) is 0 Å². The van der Waals surface area contributed by atoms with Gasteiger partial charge in [-0.05, 0) is 30.0 Å². The van der Waals surface area contributed by atoms with E-state index in [2.05, 4.69) is 0 Å². The number of nitrogens with zero attached hydrogens (tertiary/aromatic N) is 1. The Bertz CT molecular complexity index is 530. The first-order valence-corrected chi connectivity index (χ1v) is 7.30. The Balaban J connectivity index is 3.17. The Morgan fingerprint density at radius 1 is 1.28 bits per heavy atom.